The Morgan fingerprint density at radius 3 is 2.35 bits per heavy atom. The standard InChI is InChI=1S/C12H19N4O/c1-8-6-15-9(7-14-8)16(5)11(17)10(13)12(2,3)4/h6-7,10,13H,1-5H3. The van der Waals surface area contributed by atoms with Gasteiger partial charge >= 0.3 is 0 Å². The Kier molecular flexibility index (Phi) is 3.83. The van der Waals surface area contributed by atoms with E-state index in [4.69, 9.17) is 5.73 Å². The predicted molar refractivity (Wildman–Crippen MR) is 66.5 cm³/mol. The monoisotopic (exact) mass is 235 g/mol. The van der Waals surface area contributed by atoms with Crippen molar-refractivity contribution in [2.45, 2.75) is 33.7 Å². The number of aryl methyl sites for hydroxylation is 1. The van der Waals surface area contributed by atoms with Crippen LogP contribution in [-0.4, -0.2) is 29.0 Å². The van der Waals surface area contributed by atoms with Gasteiger partial charge in [-0.3, -0.25) is 14.7 Å². The van der Waals surface area contributed by atoms with Crippen LogP contribution < -0.4 is 10.6 Å². The second-order valence-corrected chi connectivity index (χ2v) is 5.21. The lowest BCUT2D eigenvalue weighted by Gasteiger charge is -2.28. The van der Waals surface area contributed by atoms with Crippen LogP contribution in [0.5, 0.6) is 0 Å². The third-order valence-corrected chi connectivity index (χ3v) is 2.55. The fourth-order valence-corrected chi connectivity index (χ4v) is 1.24. The number of carbonyl (C=O) groups is 1. The second-order valence-electron chi connectivity index (χ2n) is 5.21. The summed E-state index contributed by atoms with van der Waals surface area (Å²) >= 11 is 0. The minimum absolute atomic E-state index is 0.268. The van der Waals surface area contributed by atoms with Gasteiger partial charge in [0.2, 0.25) is 5.91 Å². The molecule has 1 unspecified atom stereocenters. The first-order valence-electron chi connectivity index (χ1n) is 5.51. The maximum Gasteiger partial charge on any atom is 0.246 e. The Morgan fingerprint density at radius 2 is 1.94 bits per heavy atom. The Labute approximate surface area is 102 Å². The van der Waals surface area contributed by atoms with E-state index in [0.717, 1.165) is 5.69 Å². The van der Waals surface area contributed by atoms with E-state index < -0.39 is 6.04 Å². The van der Waals surface area contributed by atoms with Crippen molar-refractivity contribution in [2.75, 3.05) is 11.9 Å². The van der Waals surface area contributed by atoms with Crippen LogP contribution in [-0.2, 0) is 4.79 Å². The van der Waals surface area contributed by atoms with Gasteiger partial charge in [0, 0.05) is 7.05 Å². The summed E-state index contributed by atoms with van der Waals surface area (Å²) in [4.78, 5) is 21.6. The van der Waals surface area contributed by atoms with Crippen molar-refractivity contribution in [3.8, 4) is 0 Å². The van der Waals surface area contributed by atoms with E-state index in [-0.39, 0.29) is 11.3 Å². The Balaban J connectivity index is 2.87. The molecule has 1 aromatic rings. The largest absolute Gasteiger partial charge is 0.297 e. The predicted octanol–water partition coefficient (Wildman–Crippen LogP) is 1.45. The van der Waals surface area contributed by atoms with Gasteiger partial charge in [0.1, 0.15) is 6.04 Å². The average molecular weight is 235 g/mol. The highest BCUT2D eigenvalue weighted by atomic mass is 16.2. The molecular formula is C12H19N4O. The van der Waals surface area contributed by atoms with Crippen LogP contribution in [0.4, 0.5) is 5.82 Å². The van der Waals surface area contributed by atoms with Gasteiger partial charge in [0.25, 0.3) is 0 Å². The molecule has 17 heavy (non-hydrogen) atoms. The van der Waals surface area contributed by atoms with Gasteiger partial charge in [-0.15, -0.1) is 0 Å². The maximum absolute atomic E-state index is 12.0. The number of rotatable bonds is 2. The van der Waals surface area contributed by atoms with Crippen LogP contribution >= 0.6 is 0 Å². The first-order valence-corrected chi connectivity index (χ1v) is 5.51. The number of likely N-dealkylation sites (N-methyl/N-ethyl adjacent to an activating group) is 1. The average Bonchev–Trinajstić information content (AvgIpc) is 2.26. The smallest absolute Gasteiger partial charge is 0.246 e. The third-order valence-electron chi connectivity index (χ3n) is 2.55. The van der Waals surface area contributed by atoms with E-state index >= 15 is 0 Å². The summed E-state index contributed by atoms with van der Waals surface area (Å²) in [5.74, 6) is 0.206. The number of nitrogens with zero attached hydrogens (tertiary/aromatic N) is 3. The van der Waals surface area contributed by atoms with Crippen LogP contribution in [0.25, 0.3) is 0 Å². The lowest BCUT2D eigenvalue weighted by molar-refractivity contribution is -0.121. The van der Waals surface area contributed by atoms with Crippen LogP contribution in [0.15, 0.2) is 12.4 Å². The molecule has 93 valence electrons. The van der Waals surface area contributed by atoms with Gasteiger partial charge in [0.05, 0.1) is 18.1 Å². The minimum atomic E-state index is -0.810. The molecule has 1 aromatic heterocycles. The second kappa shape index (κ2) is 4.79. The fourth-order valence-electron chi connectivity index (χ4n) is 1.24. The molecule has 1 N–H and O–H groups in total. The highest BCUT2D eigenvalue weighted by Crippen LogP contribution is 2.21. The van der Waals surface area contributed by atoms with Crippen molar-refractivity contribution in [3.05, 3.63) is 18.1 Å². The molecule has 1 radical (unpaired) electrons. The quantitative estimate of drug-likeness (QED) is 0.779. The van der Waals surface area contributed by atoms with Crippen molar-refractivity contribution in [1.29, 1.82) is 0 Å². The zero-order valence-electron chi connectivity index (χ0n) is 11.0. The Morgan fingerprint density at radius 1 is 1.35 bits per heavy atom. The molecule has 0 spiro atoms. The number of aromatic nitrogens is 2. The van der Waals surface area contributed by atoms with E-state index in [1.54, 1.807) is 19.4 Å². The van der Waals surface area contributed by atoms with E-state index in [1.165, 1.54) is 4.90 Å². The Bertz CT molecular complexity index is 394. The molecule has 5 heteroatoms. The number of anilines is 1. The van der Waals surface area contributed by atoms with Gasteiger partial charge in [-0.25, -0.2) is 10.7 Å². The minimum Gasteiger partial charge on any atom is -0.297 e. The van der Waals surface area contributed by atoms with Crippen molar-refractivity contribution in [3.63, 3.8) is 0 Å². The summed E-state index contributed by atoms with van der Waals surface area (Å²) in [5, 5.41) is 0. The number of hydrogen-bond donors (Lipinski definition) is 0. The van der Waals surface area contributed by atoms with Crippen LogP contribution in [0.1, 0.15) is 26.5 Å². The van der Waals surface area contributed by atoms with E-state index in [1.807, 2.05) is 27.7 Å². The molecule has 1 atom stereocenters. The highest BCUT2D eigenvalue weighted by molar-refractivity contribution is 5.96. The molecule has 0 bridgehead atoms. The molecule has 0 saturated carbocycles. The molecule has 0 fully saturated rings. The molecular weight excluding hydrogens is 216 g/mol. The highest BCUT2D eigenvalue weighted by Gasteiger charge is 2.31. The molecule has 0 aromatic carbocycles. The summed E-state index contributed by atoms with van der Waals surface area (Å²) < 4.78 is 0. The van der Waals surface area contributed by atoms with Gasteiger partial charge < -0.3 is 0 Å². The molecule has 0 aliphatic heterocycles. The number of amides is 1. The summed E-state index contributed by atoms with van der Waals surface area (Å²) in [6, 6.07) is -0.810. The van der Waals surface area contributed by atoms with E-state index in [0.29, 0.717) is 5.82 Å². The summed E-state index contributed by atoms with van der Waals surface area (Å²) in [5.41, 5.74) is 8.33. The van der Waals surface area contributed by atoms with E-state index in [9.17, 15) is 4.79 Å². The number of hydrogen-bond acceptors (Lipinski definition) is 3. The lowest BCUT2D eigenvalue weighted by atomic mass is 9.86. The van der Waals surface area contributed by atoms with Crippen LogP contribution in [0.2, 0.25) is 0 Å². The first kappa shape index (κ1) is 13.6. The van der Waals surface area contributed by atoms with Crippen molar-refractivity contribution >= 4 is 11.7 Å². The molecule has 1 heterocycles. The van der Waals surface area contributed by atoms with Crippen LogP contribution in [0, 0.1) is 12.3 Å². The number of carbonyl (C=O) groups excluding carboxylic acids is 1. The van der Waals surface area contributed by atoms with Gasteiger partial charge in [-0.1, -0.05) is 20.8 Å². The van der Waals surface area contributed by atoms with Gasteiger partial charge in [0.15, 0.2) is 5.82 Å². The molecule has 0 aliphatic rings. The molecule has 0 saturated heterocycles. The van der Waals surface area contributed by atoms with Crippen molar-refractivity contribution in [2.24, 2.45) is 5.41 Å². The van der Waals surface area contributed by atoms with E-state index in [2.05, 4.69) is 9.97 Å². The molecule has 1 amide bonds. The lowest BCUT2D eigenvalue weighted by Crippen LogP contribution is -2.45. The number of nitrogens with one attached hydrogen (secondary N) is 1. The van der Waals surface area contributed by atoms with Gasteiger partial charge in [-0.2, -0.15) is 0 Å². The molecule has 0 aliphatic carbocycles. The first-order chi connectivity index (χ1) is 7.73. The molecule has 5 nitrogen and oxygen atoms in total. The zero-order chi connectivity index (χ0) is 13.2. The summed E-state index contributed by atoms with van der Waals surface area (Å²) in [6.07, 6.45) is 3.15. The topological polar surface area (TPSA) is 69.9 Å². The fraction of sp³-hybridized carbons (Fsp3) is 0.583. The molecule has 1 rings (SSSR count). The van der Waals surface area contributed by atoms with Gasteiger partial charge in [-0.05, 0) is 12.3 Å². The maximum atomic E-state index is 12.0. The van der Waals surface area contributed by atoms with Crippen molar-refractivity contribution < 1.29 is 4.79 Å². The zero-order valence-corrected chi connectivity index (χ0v) is 11.0. The summed E-state index contributed by atoms with van der Waals surface area (Å²) in [7, 11) is 1.62. The SMILES string of the molecule is Cc1cnc(N(C)C(=O)C([NH])C(C)(C)C)cn1. The third kappa shape index (κ3) is 3.23. The normalized spacial score (nSPS) is 13.3. The summed E-state index contributed by atoms with van der Waals surface area (Å²) in [6.45, 7) is 7.45. The van der Waals surface area contributed by atoms with Crippen LogP contribution in [0.3, 0.4) is 0 Å². The Hall–Kier alpha value is -1.49. The van der Waals surface area contributed by atoms with Crippen molar-refractivity contribution in [1.82, 2.24) is 15.7 Å².